The van der Waals surface area contributed by atoms with Crippen molar-refractivity contribution in [2.45, 2.75) is 25.8 Å². The molecule has 1 aromatic carbocycles. The molecule has 1 saturated carbocycles. The predicted octanol–water partition coefficient (Wildman–Crippen LogP) is 1.59. The van der Waals surface area contributed by atoms with Gasteiger partial charge in [0, 0.05) is 18.2 Å². The van der Waals surface area contributed by atoms with Crippen LogP contribution in [0.3, 0.4) is 0 Å². The lowest BCUT2D eigenvalue weighted by Crippen LogP contribution is -2.22. The number of nitrogens with two attached hydrogens (primary N) is 1. The van der Waals surface area contributed by atoms with Crippen LogP contribution in [0.4, 0.5) is 11.4 Å². The highest BCUT2D eigenvalue weighted by Gasteiger charge is 2.21. The SMILES string of the molecule is CCNC(=O)c1ccc(NC2CC2)c(N)c1. The maximum Gasteiger partial charge on any atom is 0.251 e. The lowest BCUT2D eigenvalue weighted by molar-refractivity contribution is 0.0956. The maximum atomic E-state index is 11.6. The predicted molar refractivity (Wildman–Crippen MR) is 65.5 cm³/mol. The van der Waals surface area contributed by atoms with E-state index in [0.29, 0.717) is 23.8 Å². The molecular formula is C12H17N3O. The van der Waals surface area contributed by atoms with Gasteiger partial charge in [-0.05, 0) is 38.0 Å². The third-order valence-electron chi connectivity index (χ3n) is 2.59. The van der Waals surface area contributed by atoms with Gasteiger partial charge in [-0.1, -0.05) is 0 Å². The van der Waals surface area contributed by atoms with Crippen LogP contribution in [0.1, 0.15) is 30.1 Å². The number of anilines is 2. The Hall–Kier alpha value is -1.71. The summed E-state index contributed by atoms with van der Waals surface area (Å²) in [6, 6.07) is 5.96. The van der Waals surface area contributed by atoms with Crippen molar-refractivity contribution in [3.05, 3.63) is 23.8 Å². The van der Waals surface area contributed by atoms with Crippen molar-refractivity contribution >= 4 is 17.3 Å². The summed E-state index contributed by atoms with van der Waals surface area (Å²) in [5, 5.41) is 6.07. The van der Waals surface area contributed by atoms with Crippen LogP contribution in [0.5, 0.6) is 0 Å². The lowest BCUT2D eigenvalue weighted by Gasteiger charge is -2.09. The number of hydrogen-bond acceptors (Lipinski definition) is 3. The lowest BCUT2D eigenvalue weighted by atomic mass is 10.1. The average molecular weight is 219 g/mol. The molecule has 0 radical (unpaired) electrons. The van der Waals surface area contributed by atoms with E-state index in [2.05, 4.69) is 10.6 Å². The molecule has 0 saturated heterocycles. The molecule has 4 nitrogen and oxygen atoms in total. The molecule has 0 unspecified atom stereocenters. The molecule has 86 valence electrons. The van der Waals surface area contributed by atoms with E-state index in [-0.39, 0.29) is 5.91 Å². The van der Waals surface area contributed by atoms with Crippen molar-refractivity contribution in [1.29, 1.82) is 0 Å². The van der Waals surface area contributed by atoms with Gasteiger partial charge in [0.25, 0.3) is 5.91 Å². The van der Waals surface area contributed by atoms with Crippen molar-refractivity contribution in [2.75, 3.05) is 17.6 Å². The molecule has 16 heavy (non-hydrogen) atoms. The monoisotopic (exact) mass is 219 g/mol. The minimum Gasteiger partial charge on any atom is -0.397 e. The summed E-state index contributed by atoms with van der Waals surface area (Å²) < 4.78 is 0. The van der Waals surface area contributed by atoms with E-state index in [1.165, 1.54) is 12.8 Å². The number of nitrogen functional groups attached to an aromatic ring is 1. The summed E-state index contributed by atoms with van der Waals surface area (Å²) in [4.78, 5) is 11.6. The van der Waals surface area contributed by atoms with Crippen molar-refractivity contribution < 1.29 is 4.79 Å². The van der Waals surface area contributed by atoms with Gasteiger partial charge < -0.3 is 16.4 Å². The van der Waals surface area contributed by atoms with E-state index >= 15 is 0 Å². The van der Waals surface area contributed by atoms with Gasteiger partial charge in [0.1, 0.15) is 0 Å². The van der Waals surface area contributed by atoms with Crippen LogP contribution in [-0.4, -0.2) is 18.5 Å². The van der Waals surface area contributed by atoms with E-state index in [0.717, 1.165) is 5.69 Å². The number of rotatable bonds is 4. The minimum atomic E-state index is -0.0767. The van der Waals surface area contributed by atoms with Crippen LogP contribution >= 0.6 is 0 Å². The number of benzene rings is 1. The van der Waals surface area contributed by atoms with Crippen LogP contribution in [0, 0.1) is 0 Å². The fourth-order valence-corrected chi connectivity index (χ4v) is 1.55. The molecule has 1 aliphatic carbocycles. The molecular weight excluding hydrogens is 202 g/mol. The number of carbonyl (C=O) groups is 1. The van der Waals surface area contributed by atoms with E-state index in [9.17, 15) is 4.79 Å². The largest absolute Gasteiger partial charge is 0.397 e. The van der Waals surface area contributed by atoms with Crippen LogP contribution in [0.15, 0.2) is 18.2 Å². The topological polar surface area (TPSA) is 67.2 Å². The fraction of sp³-hybridized carbons (Fsp3) is 0.417. The smallest absolute Gasteiger partial charge is 0.251 e. The minimum absolute atomic E-state index is 0.0767. The normalized spacial score (nSPS) is 14.6. The van der Waals surface area contributed by atoms with Gasteiger partial charge in [-0.25, -0.2) is 0 Å². The summed E-state index contributed by atoms with van der Waals surface area (Å²) in [7, 11) is 0. The Morgan fingerprint density at radius 1 is 1.50 bits per heavy atom. The molecule has 4 heteroatoms. The first kappa shape index (κ1) is 10.8. The Balaban J connectivity index is 2.11. The molecule has 0 bridgehead atoms. The molecule has 0 spiro atoms. The first-order chi connectivity index (χ1) is 7.70. The molecule has 1 fully saturated rings. The van der Waals surface area contributed by atoms with Gasteiger partial charge in [0.2, 0.25) is 0 Å². The zero-order valence-electron chi connectivity index (χ0n) is 9.42. The third kappa shape index (κ3) is 2.45. The average Bonchev–Trinajstić information content (AvgIpc) is 3.05. The number of nitrogens with one attached hydrogen (secondary N) is 2. The quantitative estimate of drug-likeness (QED) is 0.674. The van der Waals surface area contributed by atoms with Gasteiger partial charge in [-0.15, -0.1) is 0 Å². The number of carbonyl (C=O) groups excluding carboxylic acids is 1. The molecule has 1 amide bonds. The summed E-state index contributed by atoms with van der Waals surface area (Å²) in [5.74, 6) is -0.0767. The highest BCUT2D eigenvalue weighted by Crippen LogP contribution is 2.28. The van der Waals surface area contributed by atoms with E-state index in [4.69, 9.17) is 5.73 Å². The summed E-state index contributed by atoms with van der Waals surface area (Å²) in [5.41, 5.74) is 8.06. The first-order valence-corrected chi connectivity index (χ1v) is 5.65. The molecule has 2 rings (SSSR count). The van der Waals surface area contributed by atoms with Gasteiger partial charge in [-0.3, -0.25) is 4.79 Å². The molecule has 0 heterocycles. The Morgan fingerprint density at radius 3 is 2.81 bits per heavy atom. The molecule has 4 N–H and O–H groups in total. The Bertz CT molecular complexity index is 399. The van der Waals surface area contributed by atoms with E-state index in [1.807, 2.05) is 13.0 Å². The Labute approximate surface area is 95.2 Å². The summed E-state index contributed by atoms with van der Waals surface area (Å²) in [6.45, 7) is 2.52. The van der Waals surface area contributed by atoms with E-state index in [1.54, 1.807) is 12.1 Å². The zero-order valence-corrected chi connectivity index (χ0v) is 9.42. The van der Waals surface area contributed by atoms with Crippen LogP contribution in [0.2, 0.25) is 0 Å². The first-order valence-electron chi connectivity index (χ1n) is 5.65. The second kappa shape index (κ2) is 4.43. The van der Waals surface area contributed by atoms with Crippen molar-refractivity contribution in [3.8, 4) is 0 Å². The molecule has 0 atom stereocenters. The van der Waals surface area contributed by atoms with E-state index < -0.39 is 0 Å². The van der Waals surface area contributed by atoms with Crippen molar-refractivity contribution in [1.82, 2.24) is 5.32 Å². The zero-order chi connectivity index (χ0) is 11.5. The maximum absolute atomic E-state index is 11.6. The molecule has 0 aliphatic heterocycles. The molecule has 1 aromatic rings. The van der Waals surface area contributed by atoms with Gasteiger partial charge in [0.05, 0.1) is 11.4 Å². The van der Waals surface area contributed by atoms with Crippen LogP contribution in [-0.2, 0) is 0 Å². The second-order valence-electron chi connectivity index (χ2n) is 4.08. The van der Waals surface area contributed by atoms with Crippen molar-refractivity contribution in [3.63, 3.8) is 0 Å². The summed E-state index contributed by atoms with van der Waals surface area (Å²) >= 11 is 0. The molecule has 1 aliphatic rings. The van der Waals surface area contributed by atoms with Crippen LogP contribution in [0.25, 0.3) is 0 Å². The third-order valence-corrected chi connectivity index (χ3v) is 2.59. The Morgan fingerprint density at radius 2 is 2.25 bits per heavy atom. The van der Waals surface area contributed by atoms with Crippen LogP contribution < -0.4 is 16.4 Å². The number of amides is 1. The second-order valence-corrected chi connectivity index (χ2v) is 4.08. The van der Waals surface area contributed by atoms with Gasteiger partial charge in [0.15, 0.2) is 0 Å². The van der Waals surface area contributed by atoms with Gasteiger partial charge in [-0.2, -0.15) is 0 Å². The summed E-state index contributed by atoms with van der Waals surface area (Å²) in [6.07, 6.45) is 2.41. The van der Waals surface area contributed by atoms with Gasteiger partial charge >= 0.3 is 0 Å². The fourth-order valence-electron chi connectivity index (χ4n) is 1.55. The standard InChI is InChI=1S/C12H17N3O/c1-2-14-12(16)8-3-6-11(10(13)7-8)15-9-4-5-9/h3,6-7,9,15H,2,4-5,13H2,1H3,(H,14,16). The highest BCUT2D eigenvalue weighted by atomic mass is 16.1. The Kier molecular flexibility index (Phi) is 2.99. The molecule has 0 aromatic heterocycles. The van der Waals surface area contributed by atoms with Crippen molar-refractivity contribution in [2.24, 2.45) is 0 Å². The number of hydrogen-bond donors (Lipinski definition) is 3. The highest BCUT2D eigenvalue weighted by molar-refractivity contribution is 5.96.